The van der Waals surface area contributed by atoms with Crippen molar-refractivity contribution < 1.29 is 9.53 Å². The van der Waals surface area contributed by atoms with Crippen molar-refractivity contribution in [3.05, 3.63) is 35.9 Å². The van der Waals surface area contributed by atoms with Gasteiger partial charge in [-0.25, -0.2) is 4.79 Å². The van der Waals surface area contributed by atoms with Crippen molar-refractivity contribution in [1.29, 1.82) is 0 Å². The van der Waals surface area contributed by atoms with Gasteiger partial charge in [-0.3, -0.25) is 0 Å². The average molecular weight is 268 g/mol. The standard InChI is InChI=1S/C14H17NO2.ClH/c16-9-3-7-15-8-6-12-10-13-4-1-2-5-14(13)17-11-12;/h1-5,12,15H,6-8,10-11H2;1H. The number of nitrogens with one attached hydrogen (secondary N) is 1. The van der Waals surface area contributed by atoms with Crippen LogP contribution in [-0.4, -0.2) is 25.6 Å². The Labute approximate surface area is 114 Å². The van der Waals surface area contributed by atoms with Crippen LogP contribution in [0, 0.1) is 5.92 Å². The van der Waals surface area contributed by atoms with Gasteiger partial charge in [0.2, 0.25) is 0 Å². The third-order valence-electron chi connectivity index (χ3n) is 3.01. The lowest BCUT2D eigenvalue weighted by molar-refractivity contribution is 0.214. The van der Waals surface area contributed by atoms with Gasteiger partial charge in [-0.05, 0) is 36.9 Å². The largest absolute Gasteiger partial charge is 0.493 e. The highest BCUT2D eigenvalue weighted by molar-refractivity contribution is 5.85. The molecule has 0 bridgehead atoms. The summed E-state index contributed by atoms with van der Waals surface area (Å²) in [5.41, 5.74) is 1.30. The summed E-state index contributed by atoms with van der Waals surface area (Å²) < 4.78 is 5.72. The first-order valence-electron chi connectivity index (χ1n) is 6.01. The van der Waals surface area contributed by atoms with Gasteiger partial charge in [0, 0.05) is 12.6 Å². The van der Waals surface area contributed by atoms with E-state index in [4.69, 9.17) is 4.74 Å². The molecule has 18 heavy (non-hydrogen) atoms. The second-order valence-corrected chi connectivity index (χ2v) is 4.30. The van der Waals surface area contributed by atoms with Crippen molar-refractivity contribution in [3.8, 4) is 5.75 Å². The quantitative estimate of drug-likeness (QED) is 0.655. The number of halogens is 1. The maximum Gasteiger partial charge on any atom is 0.122 e. The number of para-hydroxylation sites is 1. The SMILES string of the molecule is Cl.O=C=CCNCCC1COc2ccccc2C1. The van der Waals surface area contributed by atoms with E-state index in [0.717, 1.165) is 31.7 Å². The maximum atomic E-state index is 9.97. The molecule has 98 valence electrons. The second kappa shape index (κ2) is 7.93. The second-order valence-electron chi connectivity index (χ2n) is 4.30. The number of fused-ring (bicyclic) bond motifs is 1. The number of rotatable bonds is 5. The molecule has 1 heterocycles. The number of hydrogen-bond donors (Lipinski definition) is 1. The number of carbonyl (C=O) groups excluding carboxylic acids is 1. The van der Waals surface area contributed by atoms with Crippen LogP contribution in [0.25, 0.3) is 0 Å². The molecule has 0 spiro atoms. The van der Waals surface area contributed by atoms with Crippen LogP contribution in [0.4, 0.5) is 0 Å². The Kier molecular flexibility index (Phi) is 6.51. The van der Waals surface area contributed by atoms with Crippen LogP contribution in [0.5, 0.6) is 5.75 Å². The van der Waals surface area contributed by atoms with E-state index in [2.05, 4.69) is 17.4 Å². The van der Waals surface area contributed by atoms with Gasteiger partial charge in [0.1, 0.15) is 11.7 Å². The van der Waals surface area contributed by atoms with E-state index in [-0.39, 0.29) is 12.4 Å². The molecule has 1 aliphatic rings. The van der Waals surface area contributed by atoms with Crippen molar-refractivity contribution in [2.24, 2.45) is 5.92 Å². The van der Waals surface area contributed by atoms with E-state index >= 15 is 0 Å². The van der Waals surface area contributed by atoms with Crippen molar-refractivity contribution >= 4 is 18.3 Å². The van der Waals surface area contributed by atoms with E-state index in [1.807, 2.05) is 12.1 Å². The van der Waals surface area contributed by atoms with Crippen LogP contribution in [0.2, 0.25) is 0 Å². The van der Waals surface area contributed by atoms with Crippen molar-refractivity contribution in [1.82, 2.24) is 5.32 Å². The van der Waals surface area contributed by atoms with Gasteiger partial charge in [0.25, 0.3) is 0 Å². The van der Waals surface area contributed by atoms with Gasteiger partial charge >= 0.3 is 0 Å². The fraction of sp³-hybridized carbons (Fsp3) is 0.429. The topological polar surface area (TPSA) is 38.3 Å². The van der Waals surface area contributed by atoms with Crippen molar-refractivity contribution in [2.75, 3.05) is 19.7 Å². The molecule has 1 aliphatic heterocycles. The Morgan fingerprint density at radius 2 is 2.28 bits per heavy atom. The van der Waals surface area contributed by atoms with Gasteiger partial charge in [0.05, 0.1) is 6.61 Å². The first-order chi connectivity index (χ1) is 8.40. The molecular weight excluding hydrogens is 250 g/mol. The molecule has 1 aromatic carbocycles. The lowest BCUT2D eigenvalue weighted by Gasteiger charge is -2.25. The average Bonchev–Trinajstić information content (AvgIpc) is 2.38. The molecule has 0 saturated carbocycles. The third-order valence-corrected chi connectivity index (χ3v) is 3.01. The van der Waals surface area contributed by atoms with E-state index in [9.17, 15) is 4.79 Å². The Morgan fingerprint density at radius 3 is 3.11 bits per heavy atom. The highest BCUT2D eigenvalue weighted by Gasteiger charge is 2.18. The molecule has 0 aromatic heterocycles. The Balaban J connectivity index is 0.00000162. The molecule has 1 unspecified atom stereocenters. The predicted molar refractivity (Wildman–Crippen MR) is 74.1 cm³/mol. The van der Waals surface area contributed by atoms with Crippen LogP contribution in [-0.2, 0) is 11.2 Å². The molecule has 2 rings (SSSR count). The maximum absolute atomic E-state index is 9.97. The monoisotopic (exact) mass is 267 g/mol. The zero-order valence-electron chi connectivity index (χ0n) is 10.2. The van der Waals surface area contributed by atoms with E-state index < -0.39 is 0 Å². The summed E-state index contributed by atoms with van der Waals surface area (Å²) in [5, 5.41) is 3.18. The van der Waals surface area contributed by atoms with Gasteiger partial charge in [-0.2, -0.15) is 0 Å². The summed E-state index contributed by atoms with van der Waals surface area (Å²) in [7, 11) is 0. The highest BCUT2D eigenvalue weighted by atomic mass is 35.5. The molecule has 3 nitrogen and oxygen atoms in total. The lowest BCUT2D eigenvalue weighted by Crippen LogP contribution is -2.25. The van der Waals surface area contributed by atoms with Crippen LogP contribution in [0.3, 0.4) is 0 Å². The van der Waals surface area contributed by atoms with Crippen LogP contribution < -0.4 is 10.1 Å². The molecule has 0 radical (unpaired) electrons. The van der Waals surface area contributed by atoms with Gasteiger partial charge < -0.3 is 10.1 Å². The minimum atomic E-state index is 0. The number of benzene rings is 1. The molecule has 0 aliphatic carbocycles. The lowest BCUT2D eigenvalue weighted by atomic mass is 9.94. The molecular formula is C14H18ClNO2. The summed E-state index contributed by atoms with van der Waals surface area (Å²) in [5.74, 6) is 3.35. The normalized spacial score (nSPS) is 16.8. The highest BCUT2D eigenvalue weighted by Crippen LogP contribution is 2.27. The van der Waals surface area contributed by atoms with Crippen molar-refractivity contribution in [3.63, 3.8) is 0 Å². The van der Waals surface area contributed by atoms with E-state index in [1.54, 1.807) is 5.94 Å². The fourth-order valence-corrected chi connectivity index (χ4v) is 2.10. The summed E-state index contributed by atoms with van der Waals surface area (Å²) in [6.07, 6.45) is 3.62. The number of ether oxygens (including phenoxy) is 1. The Hall–Kier alpha value is -1.28. The summed E-state index contributed by atoms with van der Waals surface area (Å²) >= 11 is 0. The van der Waals surface area contributed by atoms with Crippen LogP contribution >= 0.6 is 12.4 Å². The summed E-state index contributed by atoms with van der Waals surface area (Å²) in [6, 6.07) is 8.22. The van der Waals surface area contributed by atoms with Gasteiger partial charge in [0.15, 0.2) is 0 Å². The van der Waals surface area contributed by atoms with E-state index in [0.29, 0.717) is 12.5 Å². The zero-order chi connectivity index (χ0) is 11.9. The zero-order valence-corrected chi connectivity index (χ0v) is 11.0. The van der Waals surface area contributed by atoms with Crippen LogP contribution in [0.15, 0.2) is 30.3 Å². The minimum Gasteiger partial charge on any atom is -0.493 e. The third kappa shape index (κ3) is 4.19. The molecule has 1 atom stereocenters. The van der Waals surface area contributed by atoms with E-state index in [1.165, 1.54) is 11.6 Å². The minimum absolute atomic E-state index is 0. The van der Waals surface area contributed by atoms with Crippen molar-refractivity contribution in [2.45, 2.75) is 12.8 Å². The molecule has 0 amide bonds. The van der Waals surface area contributed by atoms with Crippen LogP contribution in [0.1, 0.15) is 12.0 Å². The molecule has 4 heteroatoms. The summed E-state index contributed by atoms with van der Waals surface area (Å²) in [6.45, 7) is 2.31. The number of hydrogen-bond acceptors (Lipinski definition) is 3. The molecule has 1 aromatic rings. The first-order valence-corrected chi connectivity index (χ1v) is 6.01. The van der Waals surface area contributed by atoms with Gasteiger partial charge in [-0.1, -0.05) is 18.2 Å². The van der Waals surface area contributed by atoms with Gasteiger partial charge in [-0.15, -0.1) is 12.4 Å². The summed E-state index contributed by atoms with van der Waals surface area (Å²) in [4.78, 5) is 9.97. The molecule has 0 fully saturated rings. The molecule has 1 N–H and O–H groups in total. The Morgan fingerprint density at radius 1 is 1.44 bits per heavy atom. The smallest absolute Gasteiger partial charge is 0.122 e. The molecule has 0 saturated heterocycles. The Bertz CT molecular complexity index is 416. The predicted octanol–water partition coefficient (Wildman–Crippen LogP) is 2.03. The first kappa shape index (κ1) is 14.8. The fourth-order valence-electron chi connectivity index (χ4n) is 2.10.